The molecule has 0 aromatic heterocycles. The van der Waals surface area contributed by atoms with Crippen LogP contribution in [0.15, 0.2) is 18.2 Å². The molecular formula is C12H17N3O3. The molecule has 1 atom stereocenters. The van der Waals surface area contributed by atoms with Gasteiger partial charge in [-0.05, 0) is 25.5 Å². The van der Waals surface area contributed by atoms with Gasteiger partial charge in [0.05, 0.1) is 4.92 Å². The lowest BCUT2D eigenvalue weighted by Crippen LogP contribution is -2.32. The Balaban J connectivity index is 3.15. The third-order valence-electron chi connectivity index (χ3n) is 2.72. The molecule has 0 radical (unpaired) electrons. The van der Waals surface area contributed by atoms with Crippen molar-refractivity contribution in [2.45, 2.75) is 26.3 Å². The maximum Gasteiger partial charge on any atom is 0.305 e. The van der Waals surface area contributed by atoms with E-state index in [1.54, 1.807) is 19.2 Å². The third-order valence-corrected chi connectivity index (χ3v) is 2.72. The molecule has 1 unspecified atom stereocenters. The van der Waals surface area contributed by atoms with Crippen molar-refractivity contribution in [1.29, 1.82) is 0 Å². The summed E-state index contributed by atoms with van der Waals surface area (Å²) in [6.45, 7) is 3.79. The van der Waals surface area contributed by atoms with E-state index in [4.69, 9.17) is 0 Å². The lowest BCUT2D eigenvalue weighted by atomic mass is 10.1. The molecule has 1 aromatic carbocycles. The van der Waals surface area contributed by atoms with Crippen LogP contribution in [0.4, 0.5) is 11.4 Å². The van der Waals surface area contributed by atoms with Crippen LogP contribution in [0.5, 0.6) is 0 Å². The number of amides is 1. The van der Waals surface area contributed by atoms with Crippen molar-refractivity contribution in [2.75, 3.05) is 12.4 Å². The molecule has 0 aliphatic carbocycles. The van der Waals surface area contributed by atoms with E-state index in [2.05, 4.69) is 10.6 Å². The largest absolute Gasteiger partial charge is 0.383 e. The van der Waals surface area contributed by atoms with Crippen LogP contribution >= 0.6 is 0 Å². The van der Waals surface area contributed by atoms with Crippen LogP contribution < -0.4 is 10.6 Å². The summed E-state index contributed by atoms with van der Waals surface area (Å²) >= 11 is 0. The molecule has 0 fully saturated rings. The fourth-order valence-electron chi connectivity index (χ4n) is 1.53. The first-order valence-electron chi connectivity index (χ1n) is 5.77. The van der Waals surface area contributed by atoms with Gasteiger partial charge in [0.1, 0.15) is 11.3 Å². The van der Waals surface area contributed by atoms with E-state index in [0.29, 0.717) is 5.69 Å². The third kappa shape index (κ3) is 2.97. The van der Waals surface area contributed by atoms with E-state index in [0.717, 1.165) is 6.42 Å². The molecule has 0 saturated heterocycles. The first-order chi connectivity index (χ1) is 8.51. The van der Waals surface area contributed by atoms with Crippen molar-refractivity contribution in [1.82, 2.24) is 5.32 Å². The van der Waals surface area contributed by atoms with Gasteiger partial charge in [-0.2, -0.15) is 0 Å². The Morgan fingerprint density at radius 3 is 2.67 bits per heavy atom. The Bertz CT molecular complexity index is 460. The van der Waals surface area contributed by atoms with Gasteiger partial charge in [0, 0.05) is 13.1 Å². The lowest BCUT2D eigenvalue weighted by Gasteiger charge is -2.12. The molecule has 1 amide bonds. The second-order valence-corrected chi connectivity index (χ2v) is 3.99. The van der Waals surface area contributed by atoms with Crippen molar-refractivity contribution in [3.8, 4) is 0 Å². The number of nitrogens with one attached hydrogen (secondary N) is 2. The number of nitro benzene ring substituents is 1. The smallest absolute Gasteiger partial charge is 0.305 e. The highest BCUT2D eigenvalue weighted by Crippen LogP contribution is 2.28. The predicted octanol–water partition coefficient (Wildman–Crippen LogP) is 2.16. The molecule has 0 saturated carbocycles. The molecule has 6 heteroatoms. The fraction of sp³-hybridized carbons (Fsp3) is 0.417. The number of carbonyl (C=O) groups is 1. The zero-order valence-corrected chi connectivity index (χ0v) is 10.7. The second-order valence-electron chi connectivity index (χ2n) is 3.99. The molecule has 0 aliphatic heterocycles. The Kier molecular flexibility index (Phi) is 4.65. The number of para-hydroxylation sites is 1. The van der Waals surface area contributed by atoms with E-state index in [1.807, 2.05) is 13.8 Å². The highest BCUT2D eigenvalue weighted by molar-refractivity contribution is 6.00. The molecule has 1 aromatic rings. The van der Waals surface area contributed by atoms with Gasteiger partial charge in [0.2, 0.25) is 0 Å². The van der Waals surface area contributed by atoms with E-state index in [1.165, 1.54) is 6.07 Å². The summed E-state index contributed by atoms with van der Waals surface area (Å²) in [5, 5.41) is 16.5. The summed E-state index contributed by atoms with van der Waals surface area (Å²) < 4.78 is 0. The molecule has 0 spiro atoms. The summed E-state index contributed by atoms with van der Waals surface area (Å²) in [6, 6.07) is 4.62. The van der Waals surface area contributed by atoms with Gasteiger partial charge in [0.25, 0.3) is 5.91 Å². The number of hydrogen-bond acceptors (Lipinski definition) is 4. The fourth-order valence-corrected chi connectivity index (χ4v) is 1.53. The summed E-state index contributed by atoms with van der Waals surface area (Å²) in [6.07, 6.45) is 0.769. The van der Waals surface area contributed by atoms with E-state index in [9.17, 15) is 14.9 Å². The zero-order valence-electron chi connectivity index (χ0n) is 10.7. The van der Waals surface area contributed by atoms with Gasteiger partial charge in [-0.15, -0.1) is 0 Å². The lowest BCUT2D eigenvalue weighted by molar-refractivity contribution is -0.384. The normalized spacial score (nSPS) is 11.7. The Hall–Kier alpha value is -2.11. The topological polar surface area (TPSA) is 84.3 Å². The van der Waals surface area contributed by atoms with Crippen LogP contribution in [0, 0.1) is 10.1 Å². The van der Waals surface area contributed by atoms with Crippen LogP contribution in [0.2, 0.25) is 0 Å². The highest BCUT2D eigenvalue weighted by Gasteiger charge is 2.24. The molecule has 6 nitrogen and oxygen atoms in total. The average Bonchev–Trinajstić information content (AvgIpc) is 2.37. The van der Waals surface area contributed by atoms with Crippen LogP contribution in [0.25, 0.3) is 0 Å². The second kappa shape index (κ2) is 6.00. The number of hydrogen-bond donors (Lipinski definition) is 2. The zero-order chi connectivity index (χ0) is 13.7. The monoisotopic (exact) mass is 251 g/mol. The van der Waals surface area contributed by atoms with Crippen LogP contribution in [0.1, 0.15) is 30.6 Å². The van der Waals surface area contributed by atoms with Crippen molar-refractivity contribution >= 4 is 17.3 Å². The van der Waals surface area contributed by atoms with Gasteiger partial charge in [0.15, 0.2) is 0 Å². The molecule has 1 rings (SSSR count). The first kappa shape index (κ1) is 14.0. The average molecular weight is 251 g/mol. The molecule has 98 valence electrons. The quantitative estimate of drug-likeness (QED) is 0.620. The van der Waals surface area contributed by atoms with Crippen molar-refractivity contribution in [2.24, 2.45) is 0 Å². The maximum absolute atomic E-state index is 12.0. The molecule has 18 heavy (non-hydrogen) atoms. The molecule has 0 bridgehead atoms. The molecule has 0 aliphatic rings. The van der Waals surface area contributed by atoms with E-state index < -0.39 is 10.8 Å². The van der Waals surface area contributed by atoms with Gasteiger partial charge in [-0.3, -0.25) is 14.9 Å². The maximum atomic E-state index is 12.0. The number of nitrogens with zero attached hydrogens (tertiary/aromatic N) is 1. The summed E-state index contributed by atoms with van der Waals surface area (Å²) in [7, 11) is 1.58. The minimum Gasteiger partial charge on any atom is -0.383 e. The molecular weight excluding hydrogens is 234 g/mol. The number of benzene rings is 1. The minimum absolute atomic E-state index is 0.0182. The Morgan fingerprint density at radius 1 is 1.50 bits per heavy atom. The Labute approximate surface area is 106 Å². The van der Waals surface area contributed by atoms with Crippen LogP contribution in [-0.4, -0.2) is 23.9 Å². The molecule has 0 heterocycles. The standard InChI is InChI=1S/C12H17N3O3/c1-4-8(2)14-12(16)9-6-5-7-10(13-3)11(9)15(17)18/h5-8,13H,4H2,1-3H3,(H,14,16). The van der Waals surface area contributed by atoms with Gasteiger partial charge < -0.3 is 10.6 Å². The number of anilines is 1. The summed E-state index contributed by atoms with van der Waals surface area (Å²) in [5.74, 6) is -0.423. The van der Waals surface area contributed by atoms with Crippen molar-refractivity contribution in [3.63, 3.8) is 0 Å². The van der Waals surface area contributed by atoms with Gasteiger partial charge in [-0.25, -0.2) is 0 Å². The van der Waals surface area contributed by atoms with Gasteiger partial charge >= 0.3 is 5.69 Å². The van der Waals surface area contributed by atoms with Crippen LogP contribution in [0.3, 0.4) is 0 Å². The SMILES string of the molecule is CCC(C)NC(=O)c1cccc(NC)c1[N+](=O)[O-]. The first-order valence-corrected chi connectivity index (χ1v) is 5.77. The summed E-state index contributed by atoms with van der Waals surface area (Å²) in [4.78, 5) is 22.5. The minimum atomic E-state index is -0.544. The number of rotatable bonds is 5. The van der Waals surface area contributed by atoms with Gasteiger partial charge in [-0.1, -0.05) is 13.0 Å². The molecule has 2 N–H and O–H groups in total. The van der Waals surface area contributed by atoms with Crippen LogP contribution in [-0.2, 0) is 0 Å². The number of carbonyl (C=O) groups excluding carboxylic acids is 1. The Morgan fingerprint density at radius 2 is 2.17 bits per heavy atom. The highest BCUT2D eigenvalue weighted by atomic mass is 16.6. The van der Waals surface area contributed by atoms with Crippen molar-refractivity contribution in [3.05, 3.63) is 33.9 Å². The summed E-state index contributed by atoms with van der Waals surface area (Å²) in [5.41, 5.74) is 0.213. The van der Waals surface area contributed by atoms with E-state index in [-0.39, 0.29) is 17.3 Å². The van der Waals surface area contributed by atoms with Crippen molar-refractivity contribution < 1.29 is 9.72 Å². The van der Waals surface area contributed by atoms with E-state index >= 15 is 0 Å². The number of nitro groups is 1. The predicted molar refractivity (Wildman–Crippen MR) is 69.9 cm³/mol.